The number of hydrogen-bond acceptors (Lipinski definition) is 8. The molecule has 0 fully saturated rings. The molecule has 294 valence electrons. The number of carbonyl (C=O) groups is 2. The number of unbranched alkanes of at least 4 members (excludes halogenated alkanes) is 18. The Kier molecular flexibility index (Phi) is 32.3. The number of rotatable bonds is 36. The number of phosphoric acid groups is 1. The lowest BCUT2D eigenvalue weighted by Gasteiger charge is -2.28. The van der Waals surface area contributed by atoms with Gasteiger partial charge in [0.1, 0.15) is 19.8 Å². The van der Waals surface area contributed by atoms with Gasteiger partial charge in [-0.05, 0) is 64.2 Å². The zero-order valence-electron chi connectivity index (χ0n) is 32.8. The Bertz CT molecular complexity index is 918. The minimum atomic E-state index is -4.62. The van der Waals surface area contributed by atoms with E-state index >= 15 is 0 Å². The van der Waals surface area contributed by atoms with Crippen LogP contribution in [0.3, 0.4) is 0 Å². The van der Waals surface area contributed by atoms with Gasteiger partial charge in [0, 0.05) is 12.8 Å². The first-order chi connectivity index (χ1) is 24.0. The fourth-order valence-corrected chi connectivity index (χ4v) is 5.96. The van der Waals surface area contributed by atoms with Crippen molar-refractivity contribution in [2.45, 2.75) is 174 Å². The van der Waals surface area contributed by atoms with Crippen molar-refractivity contribution >= 4 is 19.8 Å². The molecule has 50 heavy (non-hydrogen) atoms. The van der Waals surface area contributed by atoms with Gasteiger partial charge in [-0.2, -0.15) is 0 Å². The van der Waals surface area contributed by atoms with Crippen LogP contribution in [0.5, 0.6) is 0 Å². The van der Waals surface area contributed by atoms with Crippen LogP contribution in [0.2, 0.25) is 0 Å². The predicted octanol–water partition coefficient (Wildman–Crippen LogP) is 10.2. The quantitative estimate of drug-likeness (QED) is 0.0206. The van der Waals surface area contributed by atoms with Gasteiger partial charge in [-0.25, -0.2) is 0 Å². The molecule has 0 saturated heterocycles. The highest BCUT2D eigenvalue weighted by molar-refractivity contribution is 7.45. The molecule has 0 amide bonds. The van der Waals surface area contributed by atoms with E-state index in [9.17, 15) is 19.0 Å². The number of allylic oxidation sites excluding steroid dienone is 4. The summed E-state index contributed by atoms with van der Waals surface area (Å²) in [6.45, 7) is 4.16. The van der Waals surface area contributed by atoms with E-state index in [0.29, 0.717) is 17.4 Å². The van der Waals surface area contributed by atoms with Crippen molar-refractivity contribution < 1.29 is 42.1 Å². The van der Waals surface area contributed by atoms with Gasteiger partial charge in [0.05, 0.1) is 27.7 Å². The zero-order valence-corrected chi connectivity index (χ0v) is 33.7. The van der Waals surface area contributed by atoms with E-state index in [1.807, 2.05) is 21.1 Å². The Morgan fingerprint density at radius 3 is 1.48 bits per heavy atom. The Balaban J connectivity index is 4.44. The fraction of sp³-hybridized carbons (Fsp3) is 0.850. The number of esters is 2. The van der Waals surface area contributed by atoms with Crippen molar-refractivity contribution in [3.63, 3.8) is 0 Å². The molecule has 0 aliphatic carbocycles. The summed E-state index contributed by atoms with van der Waals surface area (Å²) >= 11 is 0. The van der Waals surface area contributed by atoms with Crippen LogP contribution in [-0.2, 0) is 32.7 Å². The second kappa shape index (κ2) is 33.3. The Morgan fingerprint density at radius 2 is 1.02 bits per heavy atom. The minimum Gasteiger partial charge on any atom is -0.756 e. The summed E-state index contributed by atoms with van der Waals surface area (Å²) in [5.74, 6) is -0.855. The molecule has 0 radical (unpaired) electrons. The van der Waals surface area contributed by atoms with E-state index in [2.05, 4.69) is 38.2 Å². The molecular formula is C40H76NO8P. The number of hydrogen-bond donors (Lipinski definition) is 0. The highest BCUT2D eigenvalue weighted by atomic mass is 31.2. The molecule has 9 nitrogen and oxygen atoms in total. The van der Waals surface area contributed by atoms with Crippen LogP contribution in [0.1, 0.15) is 168 Å². The molecule has 0 aromatic heterocycles. The number of quaternary nitrogens is 1. The van der Waals surface area contributed by atoms with E-state index in [0.717, 1.165) is 70.6 Å². The van der Waals surface area contributed by atoms with Crippen molar-refractivity contribution in [2.24, 2.45) is 0 Å². The maximum atomic E-state index is 12.6. The van der Waals surface area contributed by atoms with Gasteiger partial charge in [-0.3, -0.25) is 14.2 Å². The second-order valence-electron chi connectivity index (χ2n) is 14.6. The number of likely N-dealkylation sites (N-methyl/N-ethyl adjacent to an activating group) is 1. The molecule has 0 spiro atoms. The van der Waals surface area contributed by atoms with Gasteiger partial charge >= 0.3 is 11.9 Å². The van der Waals surface area contributed by atoms with E-state index < -0.39 is 32.5 Å². The van der Waals surface area contributed by atoms with Crippen LogP contribution in [-0.4, -0.2) is 70.0 Å². The molecule has 2 unspecified atom stereocenters. The maximum Gasteiger partial charge on any atom is 0.306 e. The Labute approximate surface area is 307 Å². The van der Waals surface area contributed by atoms with E-state index in [1.165, 1.54) is 64.2 Å². The standard InChI is InChI=1S/C40H76NO8P/c1-6-8-10-12-14-16-18-20-22-24-26-28-30-32-39(42)46-36-38(37-48-50(44,45)47-35-34-41(3,4)5)49-40(43)33-31-29-27-25-23-21-19-17-15-13-11-9-7-2/h16-19,38H,6-15,20-37H2,1-5H3. The van der Waals surface area contributed by atoms with Gasteiger partial charge in [0.15, 0.2) is 6.10 Å². The Hall–Kier alpha value is -1.51. The number of nitrogens with zero attached hydrogens (tertiary/aromatic N) is 1. The molecule has 0 saturated carbocycles. The van der Waals surface area contributed by atoms with Crippen molar-refractivity contribution in [1.82, 2.24) is 0 Å². The molecule has 0 heterocycles. The molecule has 2 atom stereocenters. The first kappa shape index (κ1) is 48.5. The fourth-order valence-electron chi connectivity index (χ4n) is 5.23. The molecule has 0 N–H and O–H groups in total. The summed E-state index contributed by atoms with van der Waals surface area (Å²) in [6.07, 6.45) is 33.4. The minimum absolute atomic E-state index is 0.0329. The summed E-state index contributed by atoms with van der Waals surface area (Å²) in [7, 11) is 1.15. The van der Waals surface area contributed by atoms with Gasteiger partial charge in [0.2, 0.25) is 0 Å². The summed E-state index contributed by atoms with van der Waals surface area (Å²) in [5, 5.41) is 0. The monoisotopic (exact) mass is 730 g/mol. The van der Waals surface area contributed by atoms with Crippen LogP contribution in [0.15, 0.2) is 24.3 Å². The molecule has 0 aromatic rings. The lowest BCUT2D eigenvalue weighted by atomic mass is 10.1. The molecule has 0 aliphatic heterocycles. The third kappa shape index (κ3) is 36.3. The van der Waals surface area contributed by atoms with Crippen molar-refractivity contribution in [2.75, 3.05) is 47.5 Å². The first-order valence-electron chi connectivity index (χ1n) is 20.0. The van der Waals surface area contributed by atoms with Crippen LogP contribution in [0, 0.1) is 0 Å². The van der Waals surface area contributed by atoms with Crippen LogP contribution in [0.25, 0.3) is 0 Å². The third-order valence-corrected chi connectivity index (χ3v) is 9.41. The highest BCUT2D eigenvalue weighted by Crippen LogP contribution is 2.38. The van der Waals surface area contributed by atoms with Gasteiger partial charge in [0.25, 0.3) is 7.82 Å². The second-order valence-corrected chi connectivity index (χ2v) is 16.1. The number of phosphoric ester groups is 1. The van der Waals surface area contributed by atoms with Crippen LogP contribution >= 0.6 is 7.82 Å². The summed E-state index contributed by atoms with van der Waals surface area (Å²) in [4.78, 5) is 37.3. The molecule has 0 rings (SSSR count). The van der Waals surface area contributed by atoms with E-state index in [-0.39, 0.29) is 26.1 Å². The van der Waals surface area contributed by atoms with Gasteiger partial charge in [-0.15, -0.1) is 0 Å². The maximum absolute atomic E-state index is 12.6. The third-order valence-electron chi connectivity index (χ3n) is 8.44. The lowest BCUT2D eigenvalue weighted by Crippen LogP contribution is -2.37. The molecular weight excluding hydrogens is 653 g/mol. The molecule has 0 aromatic carbocycles. The summed E-state index contributed by atoms with van der Waals surface area (Å²) in [6, 6.07) is 0. The smallest absolute Gasteiger partial charge is 0.306 e. The van der Waals surface area contributed by atoms with E-state index in [1.54, 1.807) is 0 Å². The number of ether oxygens (including phenoxy) is 2. The van der Waals surface area contributed by atoms with Crippen molar-refractivity contribution in [1.29, 1.82) is 0 Å². The van der Waals surface area contributed by atoms with E-state index in [4.69, 9.17) is 18.5 Å². The highest BCUT2D eigenvalue weighted by Gasteiger charge is 2.21. The topological polar surface area (TPSA) is 111 Å². The normalized spacial score (nSPS) is 14.0. The summed E-state index contributed by atoms with van der Waals surface area (Å²) < 4.78 is 33.8. The summed E-state index contributed by atoms with van der Waals surface area (Å²) in [5.41, 5.74) is 0. The predicted molar refractivity (Wildman–Crippen MR) is 204 cm³/mol. The first-order valence-corrected chi connectivity index (χ1v) is 21.5. The average molecular weight is 730 g/mol. The molecule has 0 bridgehead atoms. The van der Waals surface area contributed by atoms with Crippen LogP contribution < -0.4 is 4.89 Å². The number of carbonyl (C=O) groups excluding carboxylic acids is 2. The van der Waals surface area contributed by atoms with Crippen molar-refractivity contribution in [3.05, 3.63) is 24.3 Å². The average Bonchev–Trinajstić information content (AvgIpc) is 3.06. The zero-order chi connectivity index (χ0) is 37.2. The van der Waals surface area contributed by atoms with Crippen LogP contribution in [0.4, 0.5) is 0 Å². The molecule has 10 heteroatoms. The van der Waals surface area contributed by atoms with Gasteiger partial charge in [-0.1, -0.05) is 115 Å². The largest absolute Gasteiger partial charge is 0.756 e. The Morgan fingerprint density at radius 1 is 0.600 bits per heavy atom. The van der Waals surface area contributed by atoms with Crippen molar-refractivity contribution in [3.8, 4) is 0 Å². The molecule has 0 aliphatic rings. The SMILES string of the molecule is CCCCCCC=CCCCCCCCC(=O)OCC(COP(=O)([O-])OCC[N+](C)(C)C)OC(=O)CCCCCCCC=CCCCCCC. The van der Waals surface area contributed by atoms with Gasteiger partial charge < -0.3 is 27.9 Å². The lowest BCUT2D eigenvalue weighted by molar-refractivity contribution is -0.870.